The summed E-state index contributed by atoms with van der Waals surface area (Å²) in [6.07, 6.45) is 2.52. The van der Waals surface area contributed by atoms with Crippen molar-refractivity contribution in [3.63, 3.8) is 0 Å². The van der Waals surface area contributed by atoms with Crippen LogP contribution >= 0.6 is 0 Å². The van der Waals surface area contributed by atoms with Crippen molar-refractivity contribution >= 4 is 6.98 Å². The van der Waals surface area contributed by atoms with Gasteiger partial charge in [-0.05, 0) is 25.2 Å². The van der Waals surface area contributed by atoms with Gasteiger partial charge >= 0.3 is 6.98 Å². The molecule has 0 bridgehead atoms. The number of rotatable bonds is 5. The van der Waals surface area contributed by atoms with Crippen LogP contribution in [0.3, 0.4) is 0 Å². The van der Waals surface area contributed by atoms with E-state index >= 15 is 0 Å². The Labute approximate surface area is 87.5 Å². The molecule has 0 aliphatic rings. The third-order valence-electron chi connectivity index (χ3n) is 2.42. The summed E-state index contributed by atoms with van der Waals surface area (Å²) in [6, 6.07) is 1.66. The molecule has 0 unspecified atom stereocenters. The van der Waals surface area contributed by atoms with E-state index in [1.54, 1.807) is 10.9 Å². The third-order valence-corrected chi connectivity index (χ3v) is 2.42. The van der Waals surface area contributed by atoms with Gasteiger partial charge in [-0.25, -0.2) is 0 Å². The van der Waals surface area contributed by atoms with Gasteiger partial charge in [0.25, 0.3) is 0 Å². The molecule has 0 N–H and O–H groups in total. The van der Waals surface area contributed by atoms with E-state index in [4.69, 9.17) is 0 Å². The van der Waals surface area contributed by atoms with Crippen LogP contribution in [-0.4, -0.2) is 16.8 Å². The molecule has 0 saturated heterocycles. The van der Waals surface area contributed by atoms with E-state index in [2.05, 4.69) is 5.10 Å². The first-order valence-electron chi connectivity index (χ1n) is 5.21. The molecule has 0 atom stereocenters. The molecule has 0 aliphatic carbocycles. The van der Waals surface area contributed by atoms with Crippen molar-refractivity contribution in [1.29, 1.82) is 0 Å². The summed E-state index contributed by atoms with van der Waals surface area (Å²) in [5.41, 5.74) is 0.120. The van der Waals surface area contributed by atoms with Crippen LogP contribution in [0.5, 0.6) is 0 Å². The summed E-state index contributed by atoms with van der Waals surface area (Å²) < 4.78 is 38.0. The van der Waals surface area contributed by atoms with Crippen LogP contribution in [0.25, 0.3) is 0 Å². The Morgan fingerprint density at radius 1 is 1.33 bits per heavy atom. The minimum Gasteiger partial charge on any atom is -0.449 e. The smallest absolute Gasteiger partial charge is 0.449 e. The Balaban J connectivity index is 2.71. The van der Waals surface area contributed by atoms with E-state index in [0.717, 1.165) is 12.8 Å². The minimum atomic E-state index is -4.78. The monoisotopic (exact) mass is 219 g/mol. The molecular formula is C9H15BF3N2-. The van der Waals surface area contributed by atoms with Crippen molar-refractivity contribution in [3.05, 3.63) is 18.0 Å². The first-order chi connectivity index (χ1) is 6.96. The summed E-state index contributed by atoms with van der Waals surface area (Å²) in [5, 5.41) is 3.95. The normalized spacial score (nSPS) is 12.4. The molecule has 15 heavy (non-hydrogen) atoms. The molecule has 2 nitrogen and oxygen atoms in total. The fourth-order valence-corrected chi connectivity index (χ4v) is 1.59. The molecule has 0 fully saturated rings. The van der Waals surface area contributed by atoms with Crippen molar-refractivity contribution in [3.8, 4) is 0 Å². The molecule has 0 amide bonds. The lowest BCUT2D eigenvalue weighted by molar-refractivity contribution is 0.423. The lowest BCUT2D eigenvalue weighted by atomic mass is 9.84. The maximum atomic E-state index is 12.1. The lowest BCUT2D eigenvalue weighted by Crippen LogP contribution is -2.20. The highest BCUT2D eigenvalue weighted by molar-refractivity contribution is 6.57. The Kier molecular flexibility index (Phi) is 3.82. The Bertz CT molecular complexity index is 305. The molecule has 0 radical (unpaired) electrons. The first-order valence-corrected chi connectivity index (χ1v) is 5.21. The zero-order chi connectivity index (χ0) is 11.5. The molecule has 0 spiro atoms. The predicted molar refractivity (Wildman–Crippen MR) is 54.6 cm³/mol. The van der Waals surface area contributed by atoms with E-state index in [9.17, 15) is 12.9 Å². The Hall–Kier alpha value is -0.935. The van der Waals surface area contributed by atoms with Crippen molar-refractivity contribution in [2.24, 2.45) is 0 Å². The van der Waals surface area contributed by atoms with Gasteiger partial charge in [0, 0.05) is 11.9 Å². The van der Waals surface area contributed by atoms with Gasteiger partial charge in [0.1, 0.15) is 0 Å². The van der Waals surface area contributed by atoms with Crippen molar-refractivity contribution in [1.82, 2.24) is 9.78 Å². The maximum absolute atomic E-state index is 12.1. The average Bonchev–Trinajstić information content (AvgIpc) is 2.52. The topological polar surface area (TPSA) is 17.8 Å². The van der Waals surface area contributed by atoms with Crippen LogP contribution in [0.2, 0.25) is 0 Å². The van der Waals surface area contributed by atoms with Crippen LogP contribution in [0.4, 0.5) is 12.9 Å². The van der Waals surface area contributed by atoms with E-state index < -0.39 is 13.3 Å². The molecular weight excluding hydrogens is 204 g/mol. The van der Waals surface area contributed by atoms with E-state index in [0.29, 0.717) is 0 Å². The average molecular weight is 219 g/mol. The van der Waals surface area contributed by atoms with Gasteiger partial charge in [-0.2, -0.15) is 5.10 Å². The number of hydrogen-bond acceptors (Lipinski definition) is 1. The zero-order valence-electron chi connectivity index (χ0n) is 8.96. The van der Waals surface area contributed by atoms with Gasteiger partial charge in [-0.1, -0.05) is 13.8 Å². The largest absolute Gasteiger partial charge is 0.484 e. The van der Waals surface area contributed by atoms with E-state index in [1.807, 2.05) is 13.8 Å². The number of halogens is 3. The molecule has 0 saturated carbocycles. The highest BCUT2D eigenvalue weighted by atomic mass is 19.4. The first kappa shape index (κ1) is 12.1. The van der Waals surface area contributed by atoms with Crippen LogP contribution in [-0.2, 0) is 6.32 Å². The SMILES string of the molecule is CCC(CC)n1ccc(C[B-](F)(F)F)n1. The van der Waals surface area contributed by atoms with Crippen molar-refractivity contribution < 1.29 is 12.9 Å². The number of aromatic nitrogens is 2. The zero-order valence-corrected chi connectivity index (χ0v) is 8.96. The minimum absolute atomic E-state index is 0.120. The molecule has 1 aromatic heterocycles. The van der Waals surface area contributed by atoms with Gasteiger partial charge in [0.2, 0.25) is 0 Å². The highest BCUT2D eigenvalue weighted by Gasteiger charge is 2.24. The third kappa shape index (κ3) is 3.60. The Morgan fingerprint density at radius 3 is 2.40 bits per heavy atom. The second-order valence-corrected chi connectivity index (χ2v) is 3.67. The molecule has 6 heteroatoms. The van der Waals surface area contributed by atoms with Crippen LogP contribution in [0.15, 0.2) is 12.3 Å². The maximum Gasteiger partial charge on any atom is 0.484 e. The summed E-state index contributed by atoms with van der Waals surface area (Å²) in [4.78, 5) is 0. The molecule has 1 aromatic rings. The van der Waals surface area contributed by atoms with E-state index in [-0.39, 0.29) is 11.7 Å². The lowest BCUT2D eigenvalue weighted by Gasteiger charge is -2.13. The second-order valence-electron chi connectivity index (χ2n) is 3.67. The predicted octanol–water partition coefficient (Wildman–Crippen LogP) is 3.17. The quantitative estimate of drug-likeness (QED) is 0.695. The molecule has 86 valence electrons. The Morgan fingerprint density at radius 2 is 1.93 bits per heavy atom. The summed E-state index contributed by atoms with van der Waals surface area (Å²) in [6.45, 7) is -0.771. The van der Waals surface area contributed by atoms with Gasteiger partial charge < -0.3 is 12.9 Å². The van der Waals surface area contributed by atoms with Gasteiger partial charge in [0.15, 0.2) is 0 Å². The number of nitrogens with zero attached hydrogens (tertiary/aromatic N) is 2. The summed E-state index contributed by atoms with van der Waals surface area (Å²) in [5.74, 6) is 0. The van der Waals surface area contributed by atoms with Gasteiger partial charge in [0.05, 0.1) is 6.04 Å². The van der Waals surface area contributed by atoms with Crippen LogP contribution < -0.4 is 0 Å². The second kappa shape index (κ2) is 4.72. The summed E-state index contributed by atoms with van der Waals surface area (Å²) >= 11 is 0. The molecule has 1 heterocycles. The van der Waals surface area contributed by atoms with Crippen molar-refractivity contribution in [2.45, 2.75) is 39.1 Å². The molecule has 1 rings (SSSR count). The number of hydrogen-bond donors (Lipinski definition) is 0. The fraction of sp³-hybridized carbons (Fsp3) is 0.667. The standard InChI is InChI=1S/C9H15BF3N2/c1-3-9(4-2)15-6-5-8(14-15)7-10(11,12)13/h5-6,9H,3-4,7H2,1-2H3/q-1. The fourth-order valence-electron chi connectivity index (χ4n) is 1.59. The molecule has 0 aliphatic heterocycles. The molecule has 0 aromatic carbocycles. The highest BCUT2D eigenvalue weighted by Crippen LogP contribution is 2.18. The van der Waals surface area contributed by atoms with E-state index in [1.165, 1.54) is 6.07 Å². The van der Waals surface area contributed by atoms with Crippen molar-refractivity contribution in [2.75, 3.05) is 0 Å². The van der Waals surface area contributed by atoms with Crippen LogP contribution in [0, 0.1) is 0 Å². The van der Waals surface area contributed by atoms with Gasteiger partial charge in [-0.15, -0.1) is 0 Å². The summed E-state index contributed by atoms with van der Waals surface area (Å²) in [7, 11) is 0. The van der Waals surface area contributed by atoms with Gasteiger partial charge in [-0.3, -0.25) is 4.68 Å². The van der Waals surface area contributed by atoms with Crippen LogP contribution in [0.1, 0.15) is 38.4 Å².